The van der Waals surface area contributed by atoms with Crippen LogP contribution in [0.5, 0.6) is 5.75 Å². The number of likely N-dealkylation sites (N-methyl/N-ethyl adjacent to an activating group) is 1. The average molecular weight is 253 g/mol. The third-order valence-electron chi connectivity index (χ3n) is 3.08. The molecule has 0 saturated carbocycles. The molecule has 18 heavy (non-hydrogen) atoms. The Labute approximate surface area is 109 Å². The third kappa shape index (κ3) is 4.64. The molecule has 0 fully saturated rings. The number of methoxy groups -OCH3 is 1. The van der Waals surface area contributed by atoms with E-state index in [1.165, 1.54) is 0 Å². The molecule has 1 unspecified atom stereocenters. The quantitative estimate of drug-likeness (QED) is 0.738. The number of aliphatic hydroxyl groups is 1. The molecular weight excluding hydrogens is 230 g/mol. The van der Waals surface area contributed by atoms with Crippen molar-refractivity contribution in [2.75, 3.05) is 27.4 Å². The number of ether oxygens (including phenoxy) is 2. The molecule has 0 aliphatic rings. The van der Waals surface area contributed by atoms with Gasteiger partial charge >= 0.3 is 0 Å². The average Bonchev–Trinajstić information content (AvgIpc) is 2.39. The molecule has 0 saturated heterocycles. The Morgan fingerprint density at radius 1 is 1.39 bits per heavy atom. The van der Waals surface area contributed by atoms with Crippen molar-refractivity contribution in [3.8, 4) is 5.75 Å². The zero-order valence-electron chi connectivity index (χ0n) is 11.4. The minimum absolute atomic E-state index is 0.0938. The van der Waals surface area contributed by atoms with Gasteiger partial charge in [0.2, 0.25) is 0 Å². The Balaban J connectivity index is 2.46. The molecule has 102 valence electrons. The van der Waals surface area contributed by atoms with Gasteiger partial charge in [0.25, 0.3) is 0 Å². The van der Waals surface area contributed by atoms with E-state index < -0.39 is 0 Å². The summed E-state index contributed by atoms with van der Waals surface area (Å²) in [7, 11) is 3.52. The van der Waals surface area contributed by atoms with Crippen molar-refractivity contribution in [2.24, 2.45) is 0 Å². The fourth-order valence-corrected chi connectivity index (χ4v) is 1.57. The van der Waals surface area contributed by atoms with Gasteiger partial charge in [-0.15, -0.1) is 0 Å². The molecule has 0 aliphatic carbocycles. The normalized spacial score (nSPS) is 14.2. The lowest BCUT2D eigenvalue weighted by Crippen LogP contribution is -2.44. The van der Waals surface area contributed by atoms with Gasteiger partial charge in [-0.25, -0.2) is 0 Å². The van der Waals surface area contributed by atoms with Crippen LogP contribution in [0.3, 0.4) is 0 Å². The molecule has 4 heteroatoms. The fraction of sp³-hybridized carbons (Fsp3) is 0.571. The van der Waals surface area contributed by atoms with Crippen LogP contribution in [0.4, 0.5) is 0 Å². The summed E-state index contributed by atoms with van der Waals surface area (Å²) in [4.78, 5) is 0. The number of hydrogen-bond donors (Lipinski definition) is 2. The molecule has 4 nitrogen and oxygen atoms in total. The third-order valence-corrected chi connectivity index (χ3v) is 3.08. The van der Waals surface area contributed by atoms with Crippen LogP contribution in [-0.4, -0.2) is 38.0 Å². The highest BCUT2D eigenvalue weighted by Gasteiger charge is 2.20. The fourth-order valence-electron chi connectivity index (χ4n) is 1.57. The van der Waals surface area contributed by atoms with Crippen LogP contribution in [0.15, 0.2) is 24.3 Å². The SMILES string of the molecule is CNC(C)(CO)CCOc1cccc(COC)c1. The van der Waals surface area contributed by atoms with E-state index in [2.05, 4.69) is 5.32 Å². The van der Waals surface area contributed by atoms with E-state index in [4.69, 9.17) is 9.47 Å². The number of hydrogen-bond acceptors (Lipinski definition) is 4. The Bertz CT molecular complexity index is 351. The van der Waals surface area contributed by atoms with Gasteiger partial charge in [0.1, 0.15) is 5.75 Å². The molecule has 1 aromatic carbocycles. The lowest BCUT2D eigenvalue weighted by Gasteiger charge is -2.26. The van der Waals surface area contributed by atoms with Gasteiger partial charge in [-0.1, -0.05) is 12.1 Å². The summed E-state index contributed by atoms with van der Waals surface area (Å²) in [5, 5.41) is 12.4. The van der Waals surface area contributed by atoms with E-state index in [1.54, 1.807) is 7.11 Å². The topological polar surface area (TPSA) is 50.7 Å². The molecule has 2 N–H and O–H groups in total. The maximum absolute atomic E-state index is 9.26. The van der Waals surface area contributed by atoms with Crippen molar-refractivity contribution in [3.05, 3.63) is 29.8 Å². The van der Waals surface area contributed by atoms with Crippen molar-refractivity contribution in [1.29, 1.82) is 0 Å². The highest BCUT2D eigenvalue weighted by molar-refractivity contribution is 5.28. The molecule has 1 atom stereocenters. The van der Waals surface area contributed by atoms with Crippen LogP contribution in [0.1, 0.15) is 18.9 Å². The standard InChI is InChI=1S/C14H23NO3/c1-14(11-16,15-2)7-8-18-13-6-4-5-12(9-13)10-17-3/h4-6,9,15-16H,7-8,10-11H2,1-3H3. The highest BCUT2D eigenvalue weighted by atomic mass is 16.5. The molecule has 1 aromatic rings. The van der Waals surface area contributed by atoms with Gasteiger partial charge in [0.15, 0.2) is 0 Å². The number of nitrogens with one attached hydrogen (secondary N) is 1. The van der Waals surface area contributed by atoms with Crippen molar-refractivity contribution in [2.45, 2.75) is 25.5 Å². The minimum Gasteiger partial charge on any atom is -0.494 e. The molecule has 0 bridgehead atoms. The Hall–Kier alpha value is -1.10. The predicted octanol–water partition coefficient (Wildman–Crippen LogP) is 1.57. The van der Waals surface area contributed by atoms with Gasteiger partial charge in [-0.3, -0.25) is 0 Å². The number of rotatable bonds is 8. The first kappa shape index (κ1) is 15.0. The van der Waals surface area contributed by atoms with Crippen molar-refractivity contribution < 1.29 is 14.6 Å². The van der Waals surface area contributed by atoms with Crippen molar-refractivity contribution in [1.82, 2.24) is 5.32 Å². The number of aliphatic hydroxyl groups excluding tert-OH is 1. The van der Waals surface area contributed by atoms with Gasteiger partial charge in [-0.2, -0.15) is 0 Å². The zero-order chi connectivity index (χ0) is 13.4. The molecule has 0 aliphatic heterocycles. The lowest BCUT2D eigenvalue weighted by molar-refractivity contribution is 0.151. The molecule has 0 spiro atoms. The number of benzene rings is 1. The highest BCUT2D eigenvalue weighted by Crippen LogP contribution is 2.15. The lowest BCUT2D eigenvalue weighted by atomic mass is 10.0. The van der Waals surface area contributed by atoms with Gasteiger partial charge in [0.05, 0.1) is 19.8 Å². The Kier molecular flexibility index (Phi) is 6.12. The van der Waals surface area contributed by atoms with Crippen LogP contribution < -0.4 is 10.1 Å². The largest absolute Gasteiger partial charge is 0.494 e. The summed E-state index contributed by atoms with van der Waals surface area (Å²) in [6.45, 7) is 3.21. The van der Waals surface area contributed by atoms with Crippen LogP contribution in [0, 0.1) is 0 Å². The Morgan fingerprint density at radius 3 is 2.78 bits per heavy atom. The second-order valence-corrected chi connectivity index (χ2v) is 4.65. The Morgan fingerprint density at radius 2 is 2.17 bits per heavy atom. The van der Waals surface area contributed by atoms with Crippen molar-refractivity contribution in [3.63, 3.8) is 0 Å². The summed E-state index contributed by atoms with van der Waals surface area (Å²) in [6.07, 6.45) is 0.745. The van der Waals surface area contributed by atoms with Crippen LogP contribution >= 0.6 is 0 Å². The van der Waals surface area contributed by atoms with Gasteiger partial charge < -0.3 is 19.9 Å². The van der Waals surface area contributed by atoms with E-state index in [1.807, 2.05) is 38.2 Å². The first-order valence-corrected chi connectivity index (χ1v) is 6.14. The smallest absolute Gasteiger partial charge is 0.119 e. The van der Waals surface area contributed by atoms with E-state index in [0.29, 0.717) is 13.2 Å². The van der Waals surface area contributed by atoms with Crippen LogP contribution in [0.2, 0.25) is 0 Å². The molecular formula is C14H23NO3. The predicted molar refractivity (Wildman–Crippen MR) is 71.8 cm³/mol. The van der Waals surface area contributed by atoms with E-state index >= 15 is 0 Å². The van der Waals surface area contributed by atoms with E-state index in [-0.39, 0.29) is 12.1 Å². The summed E-state index contributed by atoms with van der Waals surface area (Å²) in [6, 6.07) is 7.85. The molecule has 0 radical (unpaired) electrons. The molecule has 0 amide bonds. The second-order valence-electron chi connectivity index (χ2n) is 4.65. The summed E-state index contributed by atoms with van der Waals surface area (Å²) in [5.41, 5.74) is 0.804. The first-order valence-electron chi connectivity index (χ1n) is 6.14. The molecule has 0 aromatic heterocycles. The van der Waals surface area contributed by atoms with E-state index in [0.717, 1.165) is 17.7 Å². The monoisotopic (exact) mass is 253 g/mol. The molecule has 1 rings (SSSR count). The maximum atomic E-state index is 9.26. The van der Waals surface area contributed by atoms with Crippen LogP contribution in [-0.2, 0) is 11.3 Å². The maximum Gasteiger partial charge on any atom is 0.119 e. The second kappa shape index (κ2) is 7.36. The summed E-state index contributed by atoms with van der Waals surface area (Å²) in [5.74, 6) is 0.834. The van der Waals surface area contributed by atoms with Gasteiger partial charge in [0, 0.05) is 19.1 Å². The van der Waals surface area contributed by atoms with Gasteiger partial charge in [-0.05, 0) is 31.7 Å². The summed E-state index contributed by atoms with van der Waals surface area (Å²) < 4.78 is 10.8. The van der Waals surface area contributed by atoms with Crippen LogP contribution in [0.25, 0.3) is 0 Å². The summed E-state index contributed by atoms with van der Waals surface area (Å²) >= 11 is 0. The van der Waals surface area contributed by atoms with E-state index in [9.17, 15) is 5.11 Å². The molecule has 0 heterocycles. The first-order chi connectivity index (χ1) is 8.63. The van der Waals surface area contributed by atoms with Crippen molar-refractivity contribution >= 4 is 0 Å². The zero-order valence-corrected chi connectivity index (χ0v) is 11.4. The minimum atomic E-state index is -0.288.